The molecule has 2 aromatic rings. The van der Waals surface area contributed by atoms with Gasteiger partial charge >= 0.3 is 0 Å². The number of rotatable bonds is 8. The molecule has 5 rings (SSSR count). The number of ether oxygens (including phenoxy) is 2. The van der Waals surface area contributed by atoms with E-state index in [1.54, 1.807) is 0 Å². The van der Waals surface area contributed by atoms with E-state index in [4.69, 9.17) is 9.47 Å². The number of nitrogens with zero attached hydrogens (tertiary/aromatic N) is 2. The van der Waals surface area contributed by atoms with Gasteiger partial charge in [-0.3, -0.25) is 9.80 Å². The normalized spacial score (nSPS) is 21.9. The van der Waals surface area contributed by atoms with Crippen molar-refractivity contribution in [3.05, 3.63) is 58.7 Å². The highest BCUT2D eigenvalue weighted by atomic mass is 32.1. The van der Waals surface area contributed by atoms with E-state index in [2.05, 4.69) is 85.3 Å². The fourth-order valence-corrected chi connectivity index (χ4v) is 7.39. The lowest BCUT2D eigenvalue weighted by Gasteiger charge is -2.39. The molecule has 0 bridgehead atoms. The Balaban J connectivity index is 1.48. The second-order valence-electron chi connectivity index (χ2n) is 13.3. The standard InChI is InChI=1S/C36H54N2O2S2/c1-28(41)16-20-37-24-30-22-32(12-14-34(30)39-26-37)36(18-10-8-6-4-3-5-7-9-11-19-36)33-13-15-35-31(23-33)25-38(27-40-35)21-17-29(2)42/h12-15,22-23,28-29,41-42H,3-11,16-21,24-27H2,1-2H3. The zero-order valence-corrected chi connectivity index (χ0v) is 27.9. The largest absolute Gasteiger partial charge is 0.478 e. The lowest BCUT2D eigenvalue weighted by molar-refractivity contribution is 0.0941. The van der Waals surface area contributed by atoms with Crippen LogP contribution < -0.4 is 9.47 Å². The molecule has 232 valence electrons. The molecule has 2 heterocycles. The third-order valence-electron chi connectivity index (χ3n) is 9.75. The lowest BCUT2D eigenvalue weighted by Crippen LogP contribution is -2.35. The molecular formula is C36H54N2O2S2. The molecule has 0 spiro atoms. The molecule has 3 aliphatic rings. The molecule has 6 heteroatoms. The van der Waals surface area contributed by atoms with Gasteiger partial charge in [0, 0.05) is 53.2 Å². The van der Waals surface area contributed by atoms with Crippen molar-refractivity contribution in [2.24, 2.45) is 0 Å². The van der Waals surface area contributed by atoms with Crippen molar-refractivity contribution in [2.45, 2.75) is 126 Å². The predicted octanol–water partition coefficient (Wildman–Crippen LogP) is 9.00. The van der Waals surface area contributed by atoms with E-state index in [9.17, 15) is 0 Å². The number of fused-ring (bicyclic) bond motifs is 2. The molecule has 0 amide bonds. The molecular weight excluding hydrogens is 557 g/mol. The first-order valence-electron chi connectivity index (χ1n) is 16.8. The van der Waals surface area contributed by atoms with E-state index in [-0.39, 0.29) is 5.41 Å². The maximum absolute atomic E-state index is 6.26. The molecule has 0 saturated heterocycles. The summed E-state index contributed by atoms with van der Waals surface area (Å²) in [5, 5.41) is 0.810. The van der Waals surface area contributed by atoms with E-state index < -0.39 is 0 Å². The molecule has 1 saturated carbocycles. The smallest absolute Gasteiger partial charge is 0.142 e. The summed E-state index contributed by atoms with van der Waals surface area (Å²) in [6.07, 6.45) is 16.7. The monoisotopic (exact) mass is 610 g/mol. The number of benzene rings is 2. The van der Waals surface area contributed by atoms with Crippen molar-refractivity contribution in [1.29, 1.82) is 0 Å². The molecule has 1 fully saturated rings. The summed E-state index contributed by atoms with van der Waals surface area (Å²) >= 11 is 9.24. The maximum Gasteiger partial charge on any atom is 0.142 e. The molecule has 0 aromatic heterocycles. The van der Waals surface area contributed by atoms with Gasteiger partial charge in [0.25, 0.3) is 0 Å². The Morgan fingerprint density at radius 1 is 0.643 bits per heavy atom. The minimum Gasteiger partial charge on any atom is -0.478 e. The molecule has 2 aromatic carbocycles. The minimum atomic E-state index is 0.00698. The summed E-state index contributed by atoms with van der Waals surface area (Å²) in [4.78, 5) is 4.87. The van der Waals surface area contributed by atoms with Gasteiger partial charge in [0.1, 0.15) is 25.0 Å². The van der Waals surface area contributed by atoms with Gasteiger partial charge in [-0.2, -0.15) is 25.3 Å². The van der Waals surface area contributed by atoms with E-state index in [0.717, 1.165) is 50.5 Å². The van der Waals surface area contributed by atoms with Crippen LogP contribution in [0.2, 0.25) is 0 Å². The highest BCUT2D eigenvalue weighted by molar-refractivity contribution is 7.81. The molecule has 2 aliphatic heterocycles. The van der Waals surface area contributed by atoms with Crippen LogP contribution in [0.15, 0.2) is 36.4 Å². The lowest BCUT2D eigenvalue weighted by atomic mass is 9.67. The topological polar surface area (TPSA) is 24.9 Å². The minimum absolute atomic E-state index is 0.00698. The van der Waals surface area contributed by atoms with Gasteiger partial charge in [0.15, 0.2) is 0 Å². The fourth-order valence-electron chi connectivity index (χ4n) is 7.16. The van der Waals surface area contributed by atoms with Crippen molar-refractivity contribution < 1.29 is 9.47 Å². The molecule has 1 aliphatic carbocycles. The van der Waals surface area contributed by atoms with Crippen LogP contribution in [0, 0.1) is 0 Å². The van der Waals surface area contributed by atoms with Crippen molar-refractivity contribution in [3.63, 3.8) is 0 Å². The Labute approximate surface area is 266 Å². The average molecular weight is 611 g/mol. The third-order valence-corrected chi connectivity index (χ3v) is 10.3. The summed E-state index contributed by atoms with van der Waals surface area (Å²) in [6, 6.07) is 14.3. The Kier molecular flexibility index (Phi) is 11.9. The second-order valence-corrected chi connectivity index (χ2v) is 15.1. The summed E-state index contributed by atoms with van der Waals surface area (Å²) in [5.41, 5.74) is 5.63. The quantitative estimate of drug-likeness (QED) is 0.292. The second kappa shape index (κ2) is 15.6. The van der Waals surface area contributed by atoms with Crippen molar-refractivity contribution >= 4 is 25.3 Å². The number of thiol groups is 2. The highest BCUT2D eigenvalue weighted by Gasteiger charge is 2.36. The van der Waals surface area contributed by atoms with Gasteiger partial charge in [0.05, 0.1) is 0 Å². The van der Waals surface area contributed by atoms with Gasteiger partial charge in [-0.1, -0.05) is 83.8 Å². The SMILES string of the molecule is CC(S)CCN1COc2ccc(C3(c4ccc5c(c4)CN(CCC(C)S)CO5)CCCCCCCCCCC3)cc2C1. The van der Waals surface area contributed by atoms with Crippen molar-refractivity contribution in [3.8, 4) is 11.5 Å². The summed E-state index contributed by atoms with van der Waals surface area (Å²) in [5.74, 6) is 2.12. The first-order chi connectivity index (χ1) is 20.4. The van der Waals surface area contributed by atoms with Gasteiger partial charge in [-0.15, -0.1) is 0 Å². The van der Waals surface area contributed by atoms with Crippen LogP contribution in [0.3, 0.4) is 0 Å². The molecule has 4 nitrogen and oxygen atoms in total. The summed E-state index contributed by atoms with van der Waals surface area (Å²) in [6.45, 7) is 9.65. The maximum atomic E-state index is 6.26. The number of hydrogen-bond acceptors (Lipinski definition) is 6. The third kappa shape index (κ3) is 8.43. The Hall–Kier alpha value is -1.34. The van der Waals surface area contributed by atoms with Gasteiger partial charge in [-0.25, -0.2) is 0 Å². The zero-order chi connectivity index (χ0) is 29.4. The molecule has 0 N–H and O–H groups in total. The van der Waals surface area contributed by atoms with E-state index >= 15 is 0 Å². The predicted molar refractivity (Wildman–Crippen MR) is 182 cm³/mol. The van der Waals surface area contributed by atoms with Crippen LogP contribution in [0.1, 0.15) is 120 Å². The Bertz CT molecular complexity index is 1050. The first kappa shape index (κ1) is 32.1. The van der Waals surface area contributed by atoms with Crippen LogP contribution in [0.4, 0.5) is 0 Å². The Morgan fingerprint density at radius 2 is 1.05 bits per heavy atom. The van der Waals surface area contributed by atoms with Crippen molar-refractivity contribution in [1.82, 2.24) is 9.80 Å². The summed E-state index contributed by atoms with van der Waals surface area (Å²) in [7, 11) is 0. The van der Waals surface area contributed by atoms with Crippen LogP contribution in [0.5, 0.6) is 11.5 Å². The van der Waals surface area contributed by atoms with Crippen LogP contribution >= 0.6 is 25.3 Å². The molecule has 2 unspecified atom stereocenters. The van der Waals surface area contributed by atoms with Gasteiger partial charge in [0.2, 0.25) is 0 Å². The first-order valence-corrected chi connectivity index (χ1v) is 17.8. The average Bonchev–Trinajstić information content (AvgIpc) is 2.98. The van der Waals surface area contributed by atoms with Crippen LogP contribution in [0.25, 0.3) is 0 Å². The van der Waals surface area contributed by atoms with Crippen molar-refractivity contribution in [2.75, 3.05) is 26.6 Å². The number of hydrogen-bond donors (Lipinski definition) is 2. The van der Waals surface area contributed by atoms with Gasteiger partial charge < -0.3 is 9.47 Å². The fraction of sp³-hybridized carbons (Fsp3) is 0.667. The van der Waals surface area contributed by atoms with Crippen LogP contribution in [-0.4, -0.2) is 46.9 Å². The molecule has 42 heavy (non-hydrogen) atoms. The Morgan fingerprint density at radius 3 is 1.45 bits per heavy atom. The van der Waals surface area contributed by atoms with Crippen LogP contribution in [-0.2, 0) is 18.5 Å². The molecule has 0 radical (unpaired) electrons. The van der Waals surface area contributed by atoms with E-state index in [0.29, 0.717) is 24.0 Å². The summed E-state index contributed by atoms with van der Waals surface area (Å²) < 4.78 is 12.5. The highest BCUT2D eigenvalue weighted by Crippen LogP contribution is 2.45. The zero-order valence-electron chi connectivity index (χ0n) is 26.2. The van der Waals surface area contributed by atoms with Gasteiger partial charge in [-0.05, 0) is 61.1 Å². The molecule has 2 atom stereocenters. The van der Waals surface area contributed by atoms with E-state index in [1.807, 2.05) is 0 Å². The van der Waals surface area contributed by atoms with E-state index in [1.165, 1.54) is 92.9 Å².